The first-order valence-electron chi connectivity index (χ1n) is 6.11. The number of anilines is 1. The summed E-state index contributed by atoms with van der Waals surface area (Å²) in [7, 11) is 1.91. The molecule has 4 heteroatoms. The van der Waals surface area contributed by atoms with E-state index in [1.165, 1.54) is 6.07 Å². The van der Waals surface area contributed by atoms with Crippen LogP contribution in [0.4, 0.5) is 10.1 Å². The van der Waals surface area contributed by atoms with Gasteiger partial charge in [-0.25, -0.2) is 4.39 Å². The Kier molecular flexibility index (Phi) is 3.65. The Bertz CT molecular complexity index is 546. The molecule has 0 unspecified atom stereocenters. The first-order chi connectivity index (χ1) is 8.60. The van der Waals surface area contributed by atoms with E-state index in [2.05, 4.69) is 17.3 Å². The second-order valence-corrected chi connectivity index (χ2v) is 4.45. The van der Waals surface area contributed by atoms with Crippen molar-refractivity contribution in [3.63, 3.8) is 0 Å². The minimum absolute atomic E-state index is 0.158. The van der Waals surface area contributed by atoms with Crippen molar-refractivity contribution >= 4 is 5.69 Å². The molecule has 96 valence electrons. The van der Waals surface area contributed by atoms with Gasteiger partial charge >= 0.3 is 0 Å². The first-order valence-corrected chi connectivity index (χ1v) is 6.11. The Hall–Kier alpha value is -1.84. The zero-order chi connectivity index (χ0) is 13.1. The number of hydrogen-bond donors (Lipinski definition) is 1. The summed E-state index contributed by atoms with van der Waals surface area (Å²) in [6.07, 6.45) is 2.86. The van der Waals surface area contributed by atoms with Crippen molar-refractivity contribution in [3.05, 3.63) is 47.0 Å². The minimum atomic E-state index is -0.158. The largest absolute Gasteiger partial charge is 0.378 e. The first kappa shape index (κ1) is 12.6. The van der Waals surface area contributed by atoms with Crippen LogP contribution in [0.2, 0.25) is 0 Å². The molecular formula is C14H18FN3. The monoisotopic (exact) mass is 247 g/mol. The van der Waals surface area contributed by atoms with E-state index >= 15 is 0 Å². The van der Waals surface area contributed by atoms with Crippen molar-refractivity contribution < 1.29 is 4.39 Å². The quantitative estimate of drug-likeness (QED) is 0.900. The highest BCUT2D eigenvalue weighted by molar-refractivity contribution is 5.47. The molecule has 0 atom stereocenters. The number of halogens is 1. The summed E-state index contributed by atoms with van der Waals surface area (Å²) < 4.78 is 15.0. The zero-order valence-corrected chi connectivity index (χ0v) is 11.0. The van der Waals surface area contributed by atoms with Crippen molar-refractivity contribution in [1.82, 2.24) is 9.78 Å². The van der Waals surface area contributed by atoms with Gasteiger partial charge in [0.2, 0.25) is 0 Å². The lowest BCUT2D eigenvalue weighted by Gasteiger charge is -2.07. The second-order valence-electron chi connectivity index (χ2n) is 4.45. The van der Waals surface area contributed by atoms with Gasteiger partial charge in [-0.2, -0.15) is 5.10 Å². The molecule has 0 saturated carbocycles. The Morgan fingerprint density at radius 3 is 2.83 bits per heavy atom. The Balaban J connectivity index is 2.08. The number of aryl methyl sites for hydroxylation is 3. The molecule has 0 saturated heterocycles. The van der Waals surface area contributed by atoms with E-state index in [1.54, 1.807) is 17.7 Å². The molecule has 18 heavy (non-hydrogen) atoms. The molecular weight excluding hydrogens is 229 g/mol. The minimum Gasteiger partial charge on any atom is -0.378 e. The molecule has 0 amide bonds. The molecule has 0 fully saturated rings. The number of benzene rings is 1. The van der Waals surface area contributed by atoms with Gasteiger partial charge in [0.25, 0.3) is 0 Å². The highest BCUT2D eigenvalue weighted by Gasteiger charge is 2.05. The van der Waals surface area contributed by atoms with E-state index in [9.17, 15) is 4.39 Å². The van der Waals surface area contributed by atoms with Crippen LogP contribution in [0, 0.1) is 12.7 Å². The van der Waals surface area contributed by atoms with Crippen LogP contribution in [0.25, 0.3) is 0 Å². The third-order valence-corrected chi connectivity index (χ3v) is 2.95. The Morgan fingerprint density at radius 1 is 1.39 bits per heavy atom. The number of nitrogens with zero attached hydrogens (tertiary/aromatic N) is 2. The van der Waals surface area contributed by atoms with Gasteiger partial charge in [0, 0.05) is 19.8 Å². The van der Waals surface area contributed by atoms with E-state index in [4.69, 9.17) is 0 Å². The van der Waals surface area contributed by atoms with Crippen LogP contribution in [0.5, 0.6) is 0 Å². The van der Waals surface area contributed by atoms with E-state index in [1.807, 2.05) is 19.3 Å². The van der Waals surface area contributed by atoms with E-state index in [-0.39, 0.29) is 5.82 Å². The average Bonchev–Trinajstić information content (AvgIpc) is 2.71. The topological polar surface area (TPSA) is 29.9 Å². The lowest BCUT2D eigenvalue weighted by atomic mass is 10.1. The number of rotatable bonds is 4. The molecule has 0 aliphatic heterocycles. The fourth-order valence-electron chi connectivity index (χ4n) is 1.96. The van der Waals surface area contributed by atoms with Crippen molar-refractivity contribution in [3.8, 4) is 0 Å². The van der Waals surface area contributed by atoms with Crippen LogP contribution < -0.4 is 5.32 Å². The molecule has 1 heterocycles. The van der Waals surface area contributed by atoms with Gasteiger partial charge < -0.3 is 5.32 Å². The third-order valence-electron chi connectivity index (χ3n) is 2.95. The van der Waals surface area contributed by atoms with Crippen LogP contribution in [0.15, 0.2) is 24.4 Å². The molecule has 2 aromatic rings. The van der Waals surface area contributed by atoms with Crippen LogP contribution in [-0.2, 0) is 20.0 Å². The van der Waals surface area contributed by atoms with Crippen molar-refractivity contribution in [2.75, 3.05) is 5.32 Å². The maximum Gasteiger partial charge on any atom is 0.126 e. The van der Waals surface area contributed by atoms with Crippen molar-refractivity contribution in [2.45, 2.75) is 26.8 Å². The summed E-state index contributed by atoms with van der Waals surface area (Å²) in [5.74, 6) is -0.158. The summed E-state index contributed by atoms with van der Waals surface area (Å²) in [5.41, 5.74) is 3.84. The summed E-state index contributed by atoms with van der Waals surface area (Å²) in [4.78, 5) is 0. The van der Waals surface area contributed by atoms with Crippen LogP contribution in [-0.4, -0.2) is 9.78 Å². The molecule has 1 aromatic carbocycles. The lowest BCUT2D eigenvalue weighted by Crippen LogP contribution is -2.01. The summed E-state index contributed by atoms with van der Waals surface area (Å²) >= 11 is 0. The standard InChI is InChI=1S/C14H18FN3/c1-4-13-14(9-18(3)17-13)16-8-11-5-6-12(15)10(2)7-11/h5-7,9,16H,4,8H2,1-3H3. The van der Waals surface area contributed by atoms with Gasteiger partial charge in [0.1, 0.15) is 5.82 Å². The molecule has 0 spiro atoms. The van der Waals surface area contributed by atoms with Gasteiger partial charge in [-0.05, 0) is 30.5 Å². The highest BCUT2D eigenvalue weighted by atomic mass is 19.1. The predicted octanol–water partition coefficient (Wildman–Crippen LogP) is 3.04. The van der Waals surface area contributed by atoms with Gasteiger partial charge in [-0.1, -0.05) is 19.1 Å². The highest BCUT2D eigenvalue weighted by Crippen LogP contribution is 2.16. The van der Waals surface area contributed by atoms with Gasteiger partial charge in [0.05, 0.1) is 11.4 Å². The van der Waals surface area contributed by atoms with Crippen LogP contribution in [0.3, 0.4) is 0 Å². The maximum absolute atomic E-state index is 13.2. The van der Waals surface area contributed by atoms with Gasteiger partial charge in [-0.3, -0.25) is 4.68 Å². The number of hydrogen-bond acceptors (Lipinski definition) is 2. The number of nitrogens with one attached hydrogen (secondary N) is 1. The van der Waals surface area contributed by atoms with E-state index < -0.39 is 0 Å². The lowest BCUT2D eigenvalue weighted by molar-refractivity contribution is 0.617. The summed E-state index contributed by atoms with van der Waals surface area (Å²) in [6, 6.07) is 5.18. The van der Waals surface area contributed by atoms with E-state index in [0.717, 1.165) is 23.4 Å². The zero-order valence-electron chi connectivity index (χ0n) is 11.0. The average molecular weight is 247 g/mol. The molecule has 0 aliphatic carbocycles. The SMILES string of the molecule is CCc1nn(C)cc1NCc1ccc(F)c(C)c1. The van der Waals surface area contributed by atoms with Crippen LogP contribution in [0.1, 0.15) is 23.7 Å². The molecule has 2 rings (SSSR count). The number of aromatic nitrogens is 2. The fraction of sp³-hybridized carbons (Fsp3) is 0.357. The summed E-state index contributed by atoms with van der Waals surface area (Å²) in [5, 5.41) is 7.71. The van der Waals surface area contributed by atoms with Gasteiger partial charge in [0.15, 0.2) is 0 Å². The van der Waals surface area contributed by atoms with Crippen molar-refractivity contribution in [1.29, 1.82) is 0 Å². The second kappa shape index (κ2) is 5.21. The molecule has 0 bridgehead atoms. The molecule has 0 aliphatic rings. The fourth-order valence-corrected chi connectivity index (χ4v) is 1.96. The molecule has 1 aromatic heterocycles. The molecule has 3 nitrogen and oxygen atoms in total. The van der Waals surface area contributed by atoms with E-state index in [0.29, 0.717) is 12.1 Å². The Labute approximate surface area is 107 Å². The molecule has 1 N–H and O–H groups in total. The maximum atomic E-state index is 13.2. The van der Waals surface area contributed by atoms with Crippen molar-refractivity contribution in [2.24, 2.45) is 7.05 Å². The normalized spacial score (nSPS) is 10.7. The van der Waals surface area contributed by atoms with Crippen LogP contribution >= 0.6 is 0 Å². The predicted molar refractivity (Wildman–Crippen MR) is 71.0 cm³/mol. The van der Waals surface area contributed by atoms with Gasteiger partial charge in [-0.15, -0.1) is 0 Å². The third kappa shape index (κ3) is 2.70. The Morgan fingerprint density at radius 2 is 2.17 bits per heavy atom. The smallest absolute Gasteiger partial charge is 0.126 e. The molecule has 0 radical (unpaired) electrons. The summed E-state index contributed by atoms with van der Waals surface area (Å²) in [6.45, 7) is 4.54.